The van der Waals surface area contributed by atoms with Gasteiger partial charge < -0.3 is 4.90 Å². The third kappa shape index (κ3) is 2.87. The van der Waals surface area contributed by atoms with E-state index in [0.29, 0.717) is 16.7 Å². The molecule has 0 aliphatic carbocycles. The number of para-hydroxylation sites is 1. The second-order valence-corrected chi connectivity index (χ2v) is 6.50. The van der Waals surface area contributed by atoms with Gasteiger partial charge in [-0.05, 0) is 52.2 Å². The molecule has 2 heterocycles. The third-order valence-electron chi connectivity index (χ3n) is 4.83. The highest BCUT2D eigenvalue weighted by molar-refractivity contribution is 5.79. The van der Waals surface area contributed by atoms with Crippen LogP contribution in [0.25, 0.3) is 10.9 Å². The number of carbonyl (C=O) groups excluding carboxylic acids is 1. The third-order valence-corrected chi connectivity index (χ3v) is 4.83. The zero-order valence-electron chi connectivity index (χ0n) is 14.0. The van der Waals surface area contributed by atoms with Crippen LogP contribution in [0.3, 0.4) is 0 Å². The fraction of sp³-hybridized carbons (Fsp3) is 0.500. The number of carbonyl (C=O) groups is 1. The summed E-state index contributed by atoms with van der Waals surface area (Å²) < 4.78 is 1.50. The van der Waals surface area contributed by atoms with Crippen LogP contribution in [0.2, 0.25) is 0 Å². The molecule has 0 unspecified atom stereocenters. The zero-order valence-corrected chi connectivity index (χ0v) is 14.0. The first-order valence-electron chi connectivity index (χ1n) is 8.26. The monoisotopic (exact) mass is 313 g/mol. The molecule has 5 heteroatoms. The van der Waals surface area contributed by atoms with Crippen molar-refractivity contribution in [3.05, 3.63) is 40.4 Å². The maximum atomic E-state index is 12.8. The van der Waals surface area contributed by atoms with Gasteiger partial charge in [-0.25, -0.2) is 4.98 Å². The molecule has 1 aromatic heterocycles. The van der Waals surface area contributed by atoms with Crippen molar-refractivity contribution >= 4 is 16.8 Å². The largest absolute Gasteiger partial charge is 0.336 e. The molecule has 1 saturated heterocycles. The Morgan fingerprint density at radius 3 is 2.57 bits per heavy atom. The number of amides is 1. The van der Waals surface area contributed by atoms with Crippen molar-refractivity contribution in [2.45, 2.75) is 58.7 Å². The van der Waals surface area contributed by atoms with Gasteiger partial charge in [0.1, 0.15) is 12.4 Å². The van der Waals surface area contributed by atoms with E-state index in [4.69, 9.17) is 0 Å². The summed E-state index contributed by atoms with van der Waals surface area (Å²) in [5.74, 6) is 0.589. The van der Waals surface area contributed by atoms with Crippen molar-refractivity contribution in [1.82, 2.24) is 14.5 Å². The number of aromatic nitrogens is 2. The van der Waals surface area contributed by atoms with Crippen LogP contribution in [0.15, 0.2) is 29.1 Å². The predicted octanol–water partition coefficient (Wildman–Crippen LogP) is 2.49. The number of likely N-dealkylation sites (tertiary alicyclic amines) is 1. The predicted molar refractivity (Wildman–Crippen MR) is 90.4 cm³/mol. The Kier molecular flexibility index (Phi) is 4.20. The molecule has 2 aromatic rings. The van der Waals surface area contributed by atoms with Crippen LogP contribution in [0.1, 0.15) is 38.9 Å². The summed E-state index contributed by atoms with van der Waals surface area (Å²) in [6, 6.07) is 7.73. The molecule has 3 rings (SSSR count). The number of piperidine rings is 1. The van der Waals surface area contributed by atoms with E-state index >= 15 is 0 Å². The number of nitrogens with zero attached hydrogens (tertiary/aromatic N) is 3. The summed E-state index contributed by atoms with van der Waals surface area (Å²) in [6.45, 7) is 6.02. The summed E-state index contributed by atoms with van der Waals surface area (Å²) in [6.07, 6.45) is 3.21. The molecule has 5 nitrogen and oxygen atoms in total. The SMILES string of the molecule is Cc1nc2ccccc2c(=O)n1CC(=O)N1[C@H](C)CCC[C@H]1C. The van der Waals surface area contributed by atoms with Gasteiger partial charge in [-0.15, -0.1) is 0 Å². The Bertz CT molecular complexity index is 786. The van der Waals surface area contributed by atoms with Crippen molar-refractivity contribution in [2.24, 2.45) is 0 Å². The smallest absolute Gasteiger partial charge is 0.261 e. The van der Waals surface area contributed by atoms with E-state index < -0.39 is 0 Å². The van der Waals surface area contributed by atoms with Crippen LogP contribution in [-0.4, -0.2) is 32.4 Å². The number of aryl methyl sites for hydroxylation is 1. The van der Waals surface area contributed by atoms with Crippen LogP contribution in [0, 0.1) is 6.92 Å². The van der Waals surface area contributed by atoms with Crippen LogP contribution in [0.5, 0.6) is 0 Å². The summed E-state index contributed by atoms with van der Waals surface area (Å²) in [5, 5.41) is 0.561. The number of hydrogen-bond acceptors (Lipinski definition) is 3. The van der Waals surface area contributed by atoms with E-state index in [9.17, 15) is 9.59 Å². The molecular weight excluding hydrogens is 290 g/mol. The first-order chi connectivity index (χ1) is 11.0. The minimum absolute atomic E-state index is 0.00646. The molecule has 0 N–H and O–H groups in total. The highest BCUT2D eigenvalue weighted by Crippen LogP contribution is 2.22. The van der Waals surface area contributed by atoms with Gasteiger partial charge in [0.15, 0.2) is 0 Å². The molecule has 0 spiro atoms. The molecular formula is C18H23N3O2. The van der Waals surface area contributed by atoms with Gasteiger partial charge in [0.2, 0.25) is 5.91 Å². The van der Waals surface area contributed by atoms with E-state index in [0.717, 1.165) is 19.3 Å². The minimum Gasteiger partial charge on any atom is -0.336 e. The van der Waals surface area contributed by atoms with Crippen LogP contribution >= 0.6 is 0 Å². The van der Waals surface area contributed by atoms with Gasteiger partial charge in [-0.2, -0.15) is 0 Å². The van der Waals surface area contributed by atoms with Gasteiger partial charge in [-0.1, -0.05) is 12.1 Å². The highest BCUT2D eigenvalue weighted by Gasteiger charge is 2.29. The average molecular weight is 313 g/mol. The fourth-order valence-corrected chi connectivity index (χ4v) is 3.60. The van der Waals surface area contributed by atoms with Gasteiger partial charge >= 0.3 is 0 Å². The lowest BCUT2D eigenvalue weighted by atomic mass is 9.97. The first-order valence-corrected chi connectivity index (χ1v) is 8.26. The minimum atomic E-state index is -0.140. The molecule has 0 bridgehead atoms. The number of fused-ring (bicyclic) bond motifs is 1. The summed E-state index contributed by atoms with van der Waals surface area (Å²) >= 11 is 0. The highest BCUT2D eigenvalue weighted by atomic mass is 16.2. The van der Waals surface area contributed by atoms with Crippen molar-refractivity contribution in [3.63, 3.8) is 0 Å². The fourth-order valence-electron chi connectivity index (χ4n) is 3.60. The van der Waals surface area contributed by atoms with Crippen molar-refractivity contribution in [2.75, 3.05) is 0 Å². The molecule has 1 aromatic carbocycles. The Morgan fingerprint density at radius 1 is 1.22 bits per heavy atom. The topological polar surface area (TPSA) is 55.2 Å². The molecule has 23 heavy (non-hydrogen) atoms. The standard InChI is InChI=1S/C18H23N3O2/c1-12-7-6-8-13(2)21(12)17(22)11-20-14(3)19-16-10-5-4-9-15(16)18(20)23/h4-5,9-10,12-13H,6-8,11H2,1-3H3/t12-,13-/m1/s1. The Hall–Kier alpha value is -2.17. The van der Waals surface area contributed by atoms with Crippen molar-refractivity contribution in [1.29, 1.82) is 0 Å². The Labute approximate surface area is 135 Å². The molecule has 1 aliphatic heterocycles. The van der Waals surface area contributed by atoms with E-state index in [1.165, 1.54) is 4.57 Å². The van der Waals surface area contributed by atoms with Crippen LogP contribution in [-0.2, 0) is 11.3 Å². The summed E-state index contributed by atoms with van der Waals surface area (Å²) in [5.41, 5.74) is 0.539. The quantitative estimate of drug-likeness (QED) is 0.856. The summed E-state index contributed by atoms with van der Waals surface area (Å²) in [7, 11) is 0. The van der Waals surface area contributed by atoms with E-state index in [1.54, 1.807) is 13.0 Å². The molecule has 2 atom stereocenters. The summed E-state index contributed by atoms with van der Waals surface area (Å²) in [4.78, 5) is 31.9. The number of rotatable bonds is 2. The number of hydrogen-bond donors (Lipinski definition) is 0. The van der Waals surface area contributed by atoms with Gasteiger partial charge in [-0.3, -0.25) is 14.2 Å². The Morgan fingerprint density at radius 2 is 1.87 bits per heavy atom. The molecule has 1 fully saturated rings. The lowest BCUT2D eigenvalue weighted by molar-refractivity contribution is -0.138. The molecule has 1 aliphatic rings. The lowest BCUT2D eigenvalue weighted by Gasteiger charge is -2.39. The molecule has 1 amide bonds. The van der Waals surface area contributed by atoms with Crippen molar-refractivity contribution < 1.29 is 4.79 Å². The number of benzene rings is 1. The van der Waals surface area contributed by atoms with Crippen molar-refractivity contribution in [3.8, 4) is 0 Å². The second kappa shape index (κ2) is 6.14. The second-order valence-electron chi connectivity index (χ2n) is 6.50. The maximum absolute atomic E-state index is 12.8. The maximum Gasteiger partial charge on any atom is 0.261 e. The molecule has 0 radical (unpaired) electrons. The van der Waals surface area contributed by atoms with Crippen LogP contribution < -0.4 is 5.56 Å². The van der Waals surface area contributed by atoms with Crippen LogP contribution in [0.4, 0.5) is 0 Å². The first kappa shape index (κ1) is 15.7. The lowest BCUT2D eigenvalue weighted by Crippen LogP contribution is -2.49. The van der Waals surface area contributed by atoms with E-state index in [1.807, 2.05) is 23.1 Å². The molecule has 122 valence electrons. The van der Waals surface area contributed by atoms with Gasteiger partial charge in [0.25, 0.3) is 5.56 Å². The van der Waals surface area contributed by atoms with Gasteiger partial charge in [0, 0.05) is 12.1 Å². The van der Waals surface area contributed by atoms with E-state index in [2.05, 4.69) is 18.8 Å². The molecule has 0 saturated carbocycles. The zero-order chi connectivity index (χ0) is 16.6. The Balaban J connectivity index is 1.95. The normalized spacial score (nSPS) is 21.6. The van der Waals surface area contributed by atoms with Gasteiger partial charge in [0.05, 0.1) is 10.9 Å². The van der Waals surface area contributed by atoms with E-state index in [-0.39, 0.29) is 30.1 Å². The average Bonchev–Trinajstić information content (AvgIpc) is 2.51.